The Morgan fingerprint density at radius 1 is 1.03 bits per heavy atom. The highest BCUT2D eigenvalue weighted by atomic mass is 16.5. The normalized spacial score (nSPS) is 28.1. The van der Waals surface area contributed by atoms with Crippen molar-refractivity contribution in [2.75, 3.05) is 6.61 Å². The highest BCUT2D eigenvalue weighted by molar-refractivity contribution is 5.79. The van der Waals surface area contributed by atoms with Crippen LogP contribution in [0.1, 0.15) is 43.7 Å². The SMILES string of the molecule is CC1(C)[C@H]2C[C@@H]1[C@H](NC(=O)OCC1c3ccccc3-c3ccccc31)[C@H](C(=O)O)C2. The van der Waals surface area contributed by atoms with Crippen molar-refractivity contribution in [3.8, 4) is 11.1 Å². The Kier molecular flexibility index (Phi) is 4.38. The third kappa shape index (κ3) is 2.83. The number of carboxylic acid groups (broad SMARTS) is 1. The van der Waals surface area contributed by atoms with Gasteiger partial charge in [0.1, 0.15) is 6.61 Å². The Labute approximate surface area is 176 Å². The molecule has 2 bridgehead atoms. The second kappa shape index (κ2) is 6.86. The number of rotatable bonds is 4. The van der Waals surface area contributed by atoms with E-state index in [-0.39, 0.29) is 29.9 Å². The molecule has 0 saturated heterocycles. The average Bonchev–Trinajstić information content (AvgIpc) is 3.05. The van der Waals surface area contributed by atoms with E-state index in [0.717, 1.165) is 17.5 Å². The Bertz CT molecular complexity index is 968. The molecule has 0 heterocycles. The van der Waals surface area contributed by atoms with Gasteiger partial charge in [-0.25, -0.2) is 4.79 Å². The maximum atomic E-state index is 12.7. The van der Waals surface area contributed by atoms with Crippen LogP contribution in [-0.4, -0.2) is 29.8 Å². The number of carbonyl (C=O) groups is 2. The number of aliphatic carboxylic acids is 1. The summed E-state index contributed by atoms with van der Waals surface area (Å²) >= 11 is 0. The van der Waals surface area contributed by atoms with Crippen molar-refractivity contribution in [2.24, 2.45) is 23.2 Å². The van der Waals surface area contributed by atoms with Gasteiger partial charge in [-0.2, -0.15) is 0 Å². The molecule has 3 saturated carbocycles. The monoisotopic (exact) mass is 405 g/mol. The van der Waals surface area contributed by atoms with Gasteiger partial charge in [0, 0.05) is 12.0 Å². The van der Waals surface area contributed by atoms with E-state index in [1.54, 1.807) is 0 Å². The van der Waals surface area contributed by atoms with Gasteiger partial charge in [-0.1, -0.05) is 62.4 Å². The van der Waals surface area contributed by atoms with Gasteiger partial charge >= 0.3 is 12.1 Å². The molecule has 2 aromatic rings. The largest absolute Gasteiger partial charge is 0.481 e. The third-order valence-corrected chi connectivity index (χ3v) is 7.90. The summed E-state index contributed by atoms with van der Waals surface area (Å²) in [6, 6.07) is 16.0. The summed E-state index contributed by atoms with van der Waals surface area (Å²) in [5, 5.41) is 12.6. The number of benzene rings is 2. The molecular weight excluding hydrogens is 378 g/mol. The minimum absolute atomic E-state index is 0.00528. The second-order valence-electron chi connectivity index (χ2n) is 9.54. The molecule has 0 radical (unpaired) electrons. The van der Waals surface area contributed by atoms with Crippen LogP contribution >= 0.6 is 0 Å². The fraction of sp³-hybridized carbons (Fsp3) is 0.440. The van der Waals surface area contributed by atoms with Crippen LogP contribution in [-0.2, 0) is 9.53 Å². The van der Waals surface area contributed by atoms with E-state index < -0.39 is 18.0 Å². The van der Waals surface area contributed by atoms with E-state index in [4.69, 9.17) is 4.74 Å². The summed E-state index contributed by atoms with van der Waals surface area (Å²) in [6.07, 6.45) is 1.08. The maximum absolute atomic E-state index is 12.7. The van der Waals surface area contributed by atoms with Gasteiger partial charge in [0.25, 0.3) is 0 Å². The number of hydrogen-bond donors (Lipinski definition) is 2. The number of carbonyl (C=O) groups excluding carboxylic acids is 1. The standard InChI is InChI=1S/C25H27NO4/c1-25(2)14-11-19(23(27)28)22(21(25)12-14)26-24(29)30-13-20-17-9-5-3-7-15(17)16-8-4-6-10-18(16)20/h3-10,14,19-22H,11-13H2,1-2H3,(H,26,29)(H,27,28)/t14-,19-,21-,22-/m1/s1. The highest BCUT2D eigenvalue weighted by Gasteiger charge is 2.59. The van der Waals surface area contributed by atoms with E-state index in [1.807, 2.05) is 24.3 Å². The van der Waals surface area contributed by atoms with Gasteiger partial charge in [0.15, 0.2) is 0 Å². The van der Waals surface area contributed by atoms with Crippen molar-refractivity contribution in [1.29, 1.82) is 0 Å². The molecule has 0 unspecified atom stereocenters. The molecule has 4 aliphatic rings. The van der Waals surface area contributed by atoms with Crippen LogP contribution in [0.15, 0.2) is 48.5 Å². The molecule has 4 aliphatic carbocycles. The molecule has 30 heavy (non-hydrogen) atoms. The minimum atomic E-state index is -0.829. The molecule has 6 rings (SSSR count). The lowest BCUT2D eigenvalue weighted by Gasteiger charge is -2.61. The first kappa shape index (κ1) is 19.2. The summed E-state index contributed by atoms with van der Waals surface area (Å²) in [4.78, 5) is 24.5. The van der Waals surface area contributed by atoms with Crippen molar-refractivity contribution < 1.29 is 19.4 Å². The van der Waals surface area contributed by atoms with Crippen LogP contribution in [0, 0.1) is 23.2 Å². The van der Waals surface area contributed by atoms with Crippen molar-refractivity contribution in [3.05, 3.63) is 59.7 Å². The molecule has 0 aromatic heterocycles. The third-order valence-electron chi connectivity index (χ3n) is 7.90. The number of ether oxygens (including phenoxy) is 1. The molecule has 4 atom stereocenters. The number of carboxylic acids is 1. The first-order chi connectivity index (χ1) is 14.4. The van der Waals surface area contributed by atoms with E-state index in [2.05, 4.69) is 43.4 Å². The lowest BCUT2D eigenvalue weighted by Crippen LogP contribution is -2.64. The maximum Gasteiger partial charge on any atom is 0.407 e. The van der Waals surface area contributed by atoms with Crippen LogP contribution in [0.25, 0.3) is 11.1 Å². The molecule has 0 spiro atoms. The average molecular weight is 405 g/mol. The zero-order chi connectivity index (χ0) is 21.0. The van der Waals surface area contributed by atoms with Gasteiger partial charge in [-0.15, -0.1) is 0 Å². The first-order valence-electron chi connectivity index (χ1n) is 10.7. The molecule has 5 nitrogen and oxygen atoms in total. The van der Waals surface area contributed by atoms with Gasteiger partial charge in [-0.3, -0.25) is 4.79 Å². The summed E-state index contributed by atoms with van der Waals surface area (Å²) in [5.74, 6) is -0.775. The number of amides is 1. The zero-order valence-electron chi connectivity index (χ0n) is 17.3. The molecule has 3 fully saturated rings. The van der Waals surface area contributed by atoms with Crippen LogP contribution < -0.4 is 5.32 Å². The van der Waals surface area contributed by atoms with E-state index in [0.29, 0.717) is 12.3 Å². The van der Waals surface area contributed by atoms with Gasteiger partial charge in [0.2, 0.25) is 0 Å². The fourth-order valence-electron chi connectivity index (χ4n) is 6.03. The molecule has 2 aromatic carbocycles. The van der Waals surface area contributed by atoms with Crippen molar-refractivity contribution in [1.82, 2.24) is 5.32 Å². The number of hydrogen-bond acceptors (Lipinski definition) is 3. The predicted molar refractivity (Wildman–Crippen MR) is 113 cm³/mol. The number of alkyl carbamates (subject to hydrolysis) is 1. The highest BCUT2D eigenvalue weighted by Crippen LogP contribution is 2.60. The molecule has 2 N–H and O–H groups in total. The van der Waals surface area contributed by atoms with Crippen LogP contribution in [0.4, 0.5) is 4.79 Å². The Hall–Kier alpha value is -2.82. The van der Waals surface area contributed by atoms with Crippen LogP contribution in [0.2, 0.25) is 0 Å². The number of nitrogens with one attached hydrogen (secondary N) is 1. The van der Waals surface area contributed by atoms with Gasteiger partial charge < -0.3 is 15.2 Å². The predicted octanol–water partition coefficient (Wildman–Crippen LogP) is 4.66. The summed E-state index contributed by atoms with van der Waals surface area (Å²) in [6.45, 7) is 4.59. The quantitative estimate of drug-likeness (QED) is 0.776. The molecule has 156 valence electrons. The van der Waals surface area contributed by atoms with Crippen molar-refractivity contribution >= 4 is 12.1 Å². The Morgan fingerprint density at radius 2 is 1.63 bits per heavy atom. The first-order valence-corrected chi connectivity index (χ1v) is 10.7. The van der Waals surface area contributed by atoms with Crippen molar-refractivity contribution in [3.63, 3.8) is 0 Å². The van der Waals surface area contributed by atoms with E-state index in [9.17, 15) is 14.7 Å². The minimum Gasteiger partial charge on any atom is -0.481 e. The van der Waals surface area contributed by atoms with Gasteiger partial charge in [-0.05, 0) is 52.3 Å². The summed E-state index contributed by atoms with van der Waals surface area (Å²) in [5.41, 5.74) is 4.75. The Morgan fingerprint density at radius 3 is 2.20 bits per heavy atom. The smallest absolute Gasteiger partial charge is 0.407 e. The van der Waals surface area contributed by atoms with Gasteiger partial charge in [0.05, 0.1) is 5.92 Å². The summed E-state index contributed by atoms with van der Waals surface area (Å²) < 4.78 is 5.66. The molecular formula is C25H27NO4. The van der Waals surface area contributed by atoms with E-state index >= 15 is 0 Å². The molecule has 5 heteroatoms. The van der Waals surface area contributed by atoms with Crippen LogP contribution in [0.5, 0.6) is 0 Å². The Balaban J connectivity index is 1.30. The fourth-order valence-corrected chi connectivity index (χ4v) is 6.03. The second-order valence-corrected chi connectivity index (χ2v) is 9.54. The van der Waals surface area contributed by atoms with Crippen LogP contribution in [0.3, 0.4) is 0 Å². The zero-order valence-corrected chi connectivity index (χ0v) is 17.3. The molecule has 1 amide bonds. The summed E-state index contributed by atoms with van der Waals surface area (Å²) in [7, 11) is 0. The van der Waals surface area contributed by atoms with E-state index in [1.165, 1.54) is 11.1 Å². The lowest BCUT2D eigenvalue weighted by molar-refractivity contribution is -0.161. The molecule has 0 aliphatic heterocycles. The number of fused-ring (bicyclic) bond motifs is 5. The topological polar surface area (TPSA) is 75.6 Å². The lowest BCUT2D eigenvalue weighted by atomic mass is 9.45. The van der Waals surface area contributed by atoms with Crippen molar-refractivity contribution in [2.45, 2.75) is 38.6 Å².